The second-order valence-electron chi connectivity index (χ2n) is 6.42. The highest BCUT2D eigenvalue weighted by molar-refractivity contribution is 5.73. The fourth-order valence-electron chi connectivity index (χ4n) is 2.28. The minimum Gasteiger partial charge on any atom is -0.443 e. The van der Waals surface area contributed by atoms with Crippen molar-refractivity contribution in [2.45, 2.75) is 80.3 Å². The normalized spacial score (nSPS) is 10.6. The molecule has 0 spiro atoms. The predicted octanol–water partition coefficient (Wildman–Crippen LogP) is 5.15. The van der Waals surface area contributed by atoms with Gasteiger partial charge in [0.2, 0.25) is 0 Å². The quantitative estimate of drug-likeness (QED) is 0.717. The first-order chi connectivity index (χ1) is 11.8. The molecule has 0 aliphatic heterocycles. The molecule has 0 unspecified atom stereocenters. The summed E-state index contributed by atoms with van der Waals surface area (Å²) >= 11 is 0. The van der Waals surface area contributed by atoms with Crippen LogP contribution in [0, 0.1) is 0 Å². The molecule has 2 aromatic rings. The first kappa shape index (κ1) is 23.7. The molecule has 0 radical (unpaired) electrons. The Bertz CT molecular complexity index is 672. The summed E-state index contributed by atoms with van der Waals surface area (Å²) in [5.74, 6) is 1.59. The minimum absolute atomic E-state index is 0. The molecular weight excluding hydrogens is 330 g/mol. The predicted molar refractivity (Wildman–Crippen MR) is 107 cm³/mol. The number of carbonyl (C=O) groups excluding carboxylic acids is 1. The smallest absolute Gasteiger partial charge is 0.426 e. The van der Waals surface area contributed by atoms with E-state index < -0.39 is 11.7 Å². The molecule has 1 amide bonds. The summed E-state index contributed by atoms with van der Waals surface area (Å²) in [5, 5.41) is 4.55. The Labute approximate surface area is 157 Å². The largest absolute Gasteiger partial charge is 0.443 e. The van der Waals surface area contributed by atoms with E-state index in [1.54, 1.807) is 4.52 Å². The van der Waals surface area contributed by atoms with Crippen molar-refractivity contribution in [3.8, 4) is 0 Å². The van der Waals surface area contributed by atoms with E-state index in [2.05, 4.69) is 34.8 Å². The molecule has 0 atom stereocenters. The van der Waals surface area contributed by atoms with Crippen molar-refractivity contribution < 1.29 is 9.53 Å². The highest BCUT2D eigenvalue weighted by atomic mass is 16.6. The van der Waals surface area contributed by atoms with E-state index in [1.807, 2.05) is 52.9 Å². The van der Waals surface area contributed by atoms with Crippen LogP contribution in [0.25, 0.3) is 5.52 Å². The molecule has 2 aromatic heterocycles. The maximum atomic E-state index is 11.8. The van der Waals surface area contributed by atoms with Crippen molar-refractivity contribution in [3.05, 3.63) is 24.2 Å². The van der Waals surface area contributed by atoms with E-state index >= 15 is 0 Å². The van der Waals surface area contributed by atoms with E-state index in [4.69, 9.17) is 4.74 Å². The molecule has 26 heavy (non-hydrogen) atoms. The van der Waals surface area contributed by atoms with Crippen LogP contribution in [-0.4, -0.2) is 26.3 Å². The molecule has 7 heteroatoms. The summed E-state index contributed by atoms with van der Waals surface area (Å²) in [5.41, 5.74) is 5.60. The molecule has 0 bridgehead atoms. The summed E-state index contributed by atoms with van der Waals surface area (Å²) in [4.78, 5) is 16.4. The number of aromatic nitrogens is 3. The van der Waals surface area contributed by atoms with Gasteiger partial charge in [0.1, 0.15) is 11.1 Å². The lowest BCUT2D eigenvalue weighted by Gasteiger charge is -2.20. The summed E-state index contributed by atoms with van der Waals surface area (Å²) in [6.45, 7) is 13.7. The van der Waals surface area contributed by atoms with Crippen molar-refractivity contribution in [3.63, 3.8) is 0 Å². The van der Waals surface area contributed by atoms with Crippen LogP contribution >= 0.6 is 0 Å². The zero-order chi connectivity index (χ0) is 19.0. The highest BCUT2D eigenvalue weighted by Gasteiger charge is 2.18. The number of carbonyl (C=O) groups is 1. The van der Waals surface area contributed by atoms with E-state index in [0.717, 1.165) is 24.2 Å². The maximum absolute atomic E-state index is 11.8. The Morgan fingerprint density at radius 1 is 1.27 bits per heavy atom. The maximum Gasteiger partial charge on any atom is 0.426 e. The van der Waals surface area contributed by atoms with Crippen LogP contribution in [0.4, 0.5) is 10.6 Å². The lowest BCUT2D eigenvalue weighted by Crippen LogP contribution is -2.36. The second kappa shape index (κ2) is 10.6. The SMILES string of the molecule is C.CC.CCC(CC)c1nc(NNC(=O)OC(C)(C)C)c2cccn2n1. The zero-order valence-corrected chi connectivity index (χ0v) is 16.4. The van der Waals surface area contributed by atoms with Gasteiger partial charge in [-0.25, -0.2) is 19.7 Å². The number of ether oxygens (including phenoxy) is 1. The van der Waals surface area contributed by atoms with Crippen LogP contribution < -0.4 is 10.9 Å². The van der Waals surface area contributed by atoms with E-state index in [-0.39, 0.29) is 13.3 Å². The summed E-state index contributed by atoms with van der Waals surface area (Å²) in [6.07, 6.45) is 3.23. The van der Waals surface area contributed by atoms with Crippen molar-refractivity contribution in [2.75, 3.05) is 5.43 Å². The average Bonchev–Trinajstić information content (AvgIpc) is 3.03. The van der Waals surface area contributed by atoms with Gasteiger partial charge in [0.05, 0.1) is 0 Å². The van der Waals surface area contributed by atoms with Gasteiger partial charge in [-0.1, -0.05) is 35.1 Å². The van der Waals surface area contributed by atoms with Gasteiger partial charge >= 0.3 is 6.09 Å². The Hall–Kier alpha value is -2.31. The molecule has 7 nitrogen and oxygen atoms in total. The lowest BCUT2D eigenvalue weighted by molar-refractivity contribution is 0.0541. The van der Waals surface area contributed by atoms with Crippen LogP contribution in [-0.2, 0) is 4.74 Å². The van der Waals surface area contributed by atoms with E-state index in [1.165, 1.54) is 0 Å². The molecule has 0 aliphatic rings. The molecule has 2 N–H and O–H groups in total. The van der Waals surface area contributed by atoms with Crippen molar-refractivity contribution in [1.29, 1.82) is 0 Å². The number of hydrogen-bond acceptors (Lipinski definition) is 5. The van der Waals surface area contributed by atoms with Crippen molar-refractivity contribution >= 4 is 17.4 Å². The standard InChI is InChI=1S/C16H25N5O2.C2H6.CH4/c1-6-11(7-2)13-17-14(12-9-8-10-21(12)20-13)18-19-15(22)23-16(3,4)5;1-2;/h8-11H,6-7H2,1-5H3,(H,19,22)(H,17,18,20);1-2H3;1H4. The van der Waals surface area contributed by atoms with Gasteiger partial charge in [0.25, 0.3) is 0 Å². The fraction of sp³-hybridized carbons (Fsp3) is 0.632. The first-order valence-corrected chi connectivity index (χ1v) is 8.94. The van der Waals surface area contributed by atoms with Gasteiger partial charge < -0.3 is 4.74 Å². The van der Waals surface area contributed by atoms with Crippen LogP contribution in [0.3, 0.4) is 0 Å². The van der Waals surface area contributed by atoms with Gasteiger partial charge in [0.15, 0.2) is 11.6 Å². The van der Waals surface area contributed by atoms with Gasteiger partial charge in [-0.3, -0.25) is 5.43 Å². The third-order valence-electron chi connectivity index (χ3n) is 3.44. The number of hydrazine groups is 1. The van der Waals surface area contributed by atoms with E-state index in [0.29, 0.717) is 5.82 Å². The fourth-order valence-corrected chi connectivity index (χ4v) is 2.28. The van der Waals surface area contributed by atoms with E-state index in [9.17, 15) is 4.79 Å². The molecule has 148 valence electrons. The molecule has 0 aliphatic carbocycles. The number of hydrogen-bond donors (Lipinski definition) is 2. The topological polar surface area (TPSA) is 80.5 Å². The number of anilines is 1. The van der Waals surface area contributed by atoms with Gasteiger partial charge in [-0.2, -0.15) is 5.10 Å². The zero-order valence-electron chi connectivity index (χ0n) is 16.4. The lowest BCUT2D eigenvalue weighted by atomic mass is 10.0. The van der Waals surface area contributed by atoms with Gasteiger partial charge in [0, 0.05) is 12.1 Å². The van der Waals surface area contributed by atoms with Gasteiger partial charge in [-0.05, 0) is 45.7 Å². The van der Waals surface area contributed by atoms with Crippen molar-refractivity contribution in [1.82, 2.24) is 20.0 Å². The minimum atomic E-state index is -0.553. The van der Waals surface area contributed by atoms with Crippen LogP contribution in [0.15, 0.2) is 18.3 Å². The number of fused-ring (bicyclic) bond motifs is 1. The number of nitrogens with zero attached hydrogens (tertiary/aromatic N) is 3. The molecule has 0 saturated heterocycles. The third kappa shape index (κ3) is 6.54. The van der Waals surface area contributed by atoms with Crippen LogP contribution in [0.2, 0.25) is 0 Å². The first-order valence-electron chi connectivity index (χ1n) is 8.94. The Balaban J connectivity index is 0.00000201. The molecule has 0 aromatic carbocycles. The average molecular weight is 366 g/mol. The summed E-state index contributed by atoms with van der Waals surface area (Å²) in [7, 11) is 0. The molecule has 0 fully saturated rings. The molecule has 2 rings (SSSR count). The second-order valence-corrected chi connectivity index (χ2v) is 6.42. The molecule has 0 saturated carbocycles. The molecule has 2 heterocycles. The number of amides is 1. The Morgan fingerprint density at radius 2 is 1.88 bits per heavy atom. The van der Waals surface area contributed by atoms with Crippen LogP contribution in [0.1, 0.15) is 80.5 Å². The number of rotatable bonds is 5. The Kier molecular flexibility index (Phi) is 9.69. The third-order valence-corrected chi connectivity index (χ3v) is 3.44. The van der Waals surface area contributed by atoms with Crippen molar-refractivity contribution in [2.24, 2.45) is 0 Å². The summed E-state index contributed by atoms with van der Waals surface area (Å²) < 4.78 is 6.97. The summed E-state index contributed by atoms with van der Waals surface area (Å²) in [6, 6.07) is 3.77. The van der Waals surface area contributed by atoms with Gasteiger partial charge in [-0.15, -0.1) is 0 Å². The Morgan fingerprint density at radius 3 is 2.42 bits per heavy atom. The molecular formula is C19H35N5O2. The monoisotopic (exact) mass is 365 g/mol. The number of nitrogens with one attached hydrogen (secondary N) is 2. The van der Waals surface area contributed by atoms with Crippen LogP contribution in [0.5, 0.6) is 0 Å². The highest BCUT2D eigenvalue weighted by Crippen LogP contribution is 2.22.